The number of hydrogen-bond acceptors (Lipinski definition) is 4. The van der Waals surface area contributed by atoms with E-state index in [9.17, 15) is 13.5 Å². The minimum atomic E-state index is -3.48. The summed E-state index contributed by atoms with van der Waals surface area (Å²) in [4.78, 5) is 0.308. The molecule has 2 rings (SSSR count). The molecule has 6 heteroatoms. The van der Waals surface area contributed by atoms with Gasteiger partial charge in [0.1, 0.15) is 0 Å². The Kier molecular flexibility index (Phi) is 6.62. The van der Waals surface area contributed by atoms with Crippen molar-refractivity contribution in [1.29, 1.82) is 0 Å². The summed E-state index contributed by atoms with van der Waals surface area (Å²) in [5.74, 6) is 0. The van der Waals surface area contributed by atoms with Gasteiger partial charge in [-0.05, 0) is 43.9 Å². The third-order valence-corrected chi connectivity index (χ3v) is 5.83. The summed E-state index contributed by atoms with van der Waals surface area (Å²) in [7, 11) is -3.48. The van der Waals surface area contributed by atoms with E-state index in [2.05, 4.69) is 24.4 Å². The molecule has 1 heterocycles. The lowest BCUT2D eigenvalue weighted by molar-refractivity contribution is 0.113. The molecule has 0 radical (unpaired) electrons. The van der Waals surface area contributed by atoms with Crippen molar-refractivity contribution in [2.75, 3.05) is 25.0 Å². The molecule has 23 heavy (non-hydrogen) atoms. The van der Waals surface area contributed by atoms with E-state index >= 15 is 0 Å². The molecule has 1 aromatic rings. The van der Waals surface area contributed by atoms with E-state index in [1.807, 2.05) is 6.07 Å². The van der Waals surface area contributed by atoms with E-state index in [0.29, 0.717) is 30.8 Å². The van der Waals surface area contributed by atoms with Gasteiger partial charge >= 0.3 is 0 Å². The van der Waals surface area contributed by atoms with Gasteiger partial charge in [0.05, 0.1) is 11.0 Å². The summed E-state index contributed by atoms with van der Waals surface area (Å²) < 4.78 is 26.8. The highest BCUT2D eigenvalue weighted by Gasteiger charge is 2.28. The van der Waals surface area contributed by atoms with Crippen molar-refractivity contribution in [1.82, 2.24) is 4.31 Å². The molecule has 5 nitrogen and oxygen atoms in total. The molecule has 0 aromatic heterocycles. The Morgan fingerprint density at radius 1 is 1.30 bits per heavy atom. The van der Waals surface area contributed by atoms with Crippen LogP contribution in [0.4, 0.5) is 5.69 Å². The van der Waals surface area contributed by atoms with Gasteiger partial charge in [0.2, 0.25) is 10.0 Å². The molecule has 0 atom stereocenters. The van der Waals surface area contributed by atoms with Gasteiger partial charge in [-0.3, -0.25) is 0 Å². The second kappa shape index (κ2) is 8.47. The molecular weight excluding hydrogens is 312 g/mol. The number of rotatable bonds is 7. The standard InChI is InChI=1S/C17H26N2O3S/c1-2-3-4-5-11-18-15-7-6-8-17(14-15)23(21,22)19-12-9-16(20)10-13-19/h3-4,6-8,14,16,18,20H,2,5,9-13H2,1H3/b4-3+. The first-order valence-corrected chi connectivity index (χ1v) is 9.65. The van der Waals surface area contributed by atoms with Gasteiger partial charge < -0.3 is 10.4 Å². The molecule has 1 aromatic carbocycles. The SMILES string of the molecule is CC/C=C/CCNc1cccc(S(=O)(=O)N2CCC(O)CC2)c1. The van der Waals surface area contributed by atoms with Gasteiger partial charge in [-0.15, -0.1) is 0 Å². The summed E-state index contributed by atoms with van der Waals surface area (Å²) >= 11 is 0. The van der Waals surface area contributed by atoms with Crippen LogP contribution in [0.2, 0.25) is 0 Å². The predicted octanol–water partition coefficient (Wildman–Crippen LogP) is 2.60. The summed E-state index contributed by atoms with van der Waals surface area (Å²) in [5.41, 5.74) is 0.813. The first-order valence-electron chi connectivity index (χ1n) is 8.21. The van der Waals surface area contributed by atoms with Crippen LogP contribution in [0.15, 0.2) is 41.3 Å². The molecule has 0 aliphatic carbocycles. The zero-order valence-corrected chi connectivity index (χ0v) is 14.4. The van der Waals surface area contributed by atoms with Gasteiger partial charge in [-0.2, -0.15) is 4.31 Å². The number of anilines is 1. The lowest BCUT2D eigenvalue weighted by Crippen LogP contribution is -2.39. The first-order chi connectivity index (χ1) is 11.0. The lowest BCUT2D eigenvalue weighted by atomic mass is 10.1. The summed E-state index contributed by atoms with van der Waals surface area (Å²) in [5, 5.41) is 12.8. The summed E-state index contributed by atoms with van der Waals surface area (Å²) in [6.07, 6.45) is 6.79. The summed E-state index contributed by atoms with van der Waals surface area (Å²) in [6.45, 7) is 3.62. The van der Waals surface area contributed by atoms with Gasteiger partial charge in [0.25, 0.3) is 0 Å². The molecule has 2 N–H and O–H groups in total. The van der Waals surface area contributed by atoms with Gasteiger partial charge in [0, 0.05) is 25.3 Å². The molecule has 1 saturated heterocycles. The topological polar surface area (TPSA) is 69.6 Å². The van der Waals surface area contributed by atoms with Crippen molar-refractivity contribution in [3.8, 4) is 0 Å². The summed E-state index contributed by atoms with van der Waals surface area (Å²) in [6, 6.07) is 6.95. The lowest BCUT2D eigenvalue weighted by Gasteiger charge is -2.28. The van der Waals surface area contributed by atoms with Crippen molar-refractivity contribution in [2.24, 2.45) is 0 Å². The second-order valence-electron chi connectivity index (χ2n) is 5.76. The maximum atomic E-state index is 12.7. The minimum absolute atomic E-state index is 0.308. The minimum Gasteiger partial charge on any atom is -0.393 e. The Hall–Kier alpha value is -1.37. The number of piperidine rings is 1. The van der Waals surface area contributed by atoms with Crippen molar-refractivity contribution in [3.05, 3.63) is 36.4 Å². The molecule has 1 fully saturated rings. The van der Waals surface area contributed by atoms with E-state index < -0.39 is 10.0 Å². The fraction of sp³-hybridized carbons (Fsp3) is 0.529. The number of sulfonamides is 1. The molecule has 0 saturated carbocycles. The smallest absolute Gasteiger partial charge is 0.243 e. The average molecular weight is 338 g/mol. The second-order valence-corrected chi connectivity index (χ2v) is 7.70. The van der Waals surface area contributed by atoms with Crippen LogP contribution in [0.25, 0.3) is 0 Å². The van der Waals surface area contributed by atoms with E-state index in [0.717, 1.165) is 25.1 Å². The van der Waals surface area contributed by atoms with Gasteiger partial charge in [-0.25, -0.2) is 8.42 Å². The zero-order chi connectivity index (χ0) is 16.7. The molecular formula is C17H26N2O3S. The van der Waals surface area contributed by atoms with Gasteiger partial charge in [-0.1, -0.05) is 25.1 Å². The fourth-order valence-corrected chi connectivity index (χ4v) is 4.10. The Morgan fingerprint density at radius 2 is 2.04 bits per heavy atom. The molecule has 0 unspecified atom stereocenters. The Morgan fingerprint density at radius 3 is 2.74 bits per heavy atom. The normalized spacial score (nSPS) is 17.7. The highest BCUT2D eigenvalue weighted by atomic mass is 32.2. The number of nitrogens with one attached hydrogen (secondary N) is 1. The van der Waals surface area contributed by atoms with Crippen molar-refractivity contribution < 1.29 is 13.5 Å². The highest BCUT2D eigenvalue weighted by Crippen LogP contribution is 2.23. The number of allylic oxidation sites excluding steroid dienone is 1. The van der Waals surface area contributed by atoms with Crippen LogP contribution in [0.3, 0.4) is 0 Å². The van der Waals surface area contributed by atoms with Crippen molar-refractivity contribution in [2.45, 2.75) is 43.6 Å². The fourth-order valence-electron chi connectivity index (χ4n) is 2.58. The van der Waals surface area contributed by atoms with Crippen molar-refractivity contribution >= 4 is 15.7 Å². The first kappa shape index (κ1) is 18.0. The van der Waals surface area contributed by atoms with Crippen LogP contribution < -0.4 is 5.32 Å². The van der Waals surface area contributed by atoms with E-state index in [1.165, 1.54) is 4.31 Å². The van der Waals surface area contributed by atoms with Crippen LogP contribution in [0.5, 0.6) is 0 Å². The van der Waals surface area contributed by atoms with Crippen molar-refractivity contribution in [3.63, 3.8) is 0 Å². The number of hydrogen-bond donors (Lipinski definition) is 2. The number of aliphatic hydroxyl groups excluding tert-OH is 1. The van der Waals surface area contributed by atoms with E-state index in [-0.39, 0.29) is 6.10 Å². The Labute approximate surface area is 139 Å². The quantitative estimate of drug-likeness (QED) is 0.592. The third-order valence-electron chi connectivity index (χ3n) is 3.94. The molecule has 0 bridgehead atoms. The predicted molar refractivity (Wildman–Crippen MR) is 93.0 cm³/mol. The third kappa shape index (κ3) is 5.06. The number of aliphatic hydroxyl groups is 1. The molecule has 1 aliphatic rings. The average Bonchev–Trinajstić information content (AvgIpc) is 2.55. The highest BCUT2D eigenvalue weighted by molar-refractivity contribution is 7.89. The van der Waals surface area contributed by atoms with Crippen LogP contribution in [-0.4, -0.2) is 43.6 Å². The molecule has 0 spiro atoms. The van der Waals surface area contributed by atoms with Crippen LogP contribution in [0, 0.1) is 0 Å². The number of benzene rings is 1. The zero-order valence-electron chi connectivity index (χ0n) is 13.6. The molecule has 0 amide bonds. The number of nitrogens with zero attached hydrogens (tertiary/aromatic N) is 1. The Balaban J connectivity index is 2.02. The Bertz CT molecular complexity index is 620. The van der Waals surface area contributed by atoms with Gasteiger partial charge in [0.15, 0.2) is 0 Å². The largest absolute Gasteiger partial charge is 0.393 e. The van der Waals surface area contributed by atoms with E-state index in [4.69, 9.17) is 0 Å². The van der Waals surface area contributed by atoms with Crippen LogP contribution in [0.1, 0.15) is 32.6 Å². The molecule has 128 valence electrons. The maximum Gasteiger partial charge on any atom is 0.243 e. The molecule has 1 aliphatic heterocycles. The maximum absolute atomic E-state index is 12.7. The van der Waals surface area contributed by atoms with Crippen LogP contribution >= 0.6 is 0 Å². The van der Waals surface area contributed by atoms with Crippen LogP contribution in [-0.2, 0) is 10.0 Å². The monoisotopic (exact) mass is 338 g/mol. The van der Waals surface area contributed by atoms with E-state index in [1.54, 1.807) is 18.2 Å².